The number of pyridine rings is 1. The molecular formula is C61H57N4OPt-3. The van der Waals surface area contributed by atoms with E-state index in [0.29, 0.717) is 17.4 Å². The summed E-state index contributed by atoms with van der Waals surface area (Å²) in [5.41, 5.74) is 16.9. The van der Waals surface area contributed by atoms with E-state index < -0.39 is 0 Å². The number of hydrogen-bond donors (Lipinski definition) is 0. The summed E-state index contributed by atoms with van der Waals surface area (Å²) in [4.78, 5) is 9.53. The predicted molar refractivity (Wildman–Crippen MR) is 276 cm³/mol. The van der Waals surface area contributed by atoms with E-state index >= 15 is 0 Å². The molecule has 0 bridgehead atoms. The third-order valence-electron chi connectivity index (χ3n) is 13.1. The van der Waals surface area contributed by atoms with E-state index in [1.165, 1.54) is 44.5 Å². The second kappa shape index (κ2) is 17.7. The molecule has 10 rings (SSSR count). The molecule has 0 unspecified atom stereocenters. The van der Waals surface area contributed by atoms with Crippen molar-refractivity contribution in [3.05, 3.63) is 198 Å². The second-order valence-corrected chi connectivity index (χ2v) is 20.2. The first kappa shape index (κ1) is 45.7. The van der Waals surface area contributed by atoms with Gasteiger partial charge in [0.25, 0.3) is 0 Å². The first-order valence-corrected chi connectivity index (χ1v) is 23.1. The number of aromatic nitrogens is 2. The third kappa shape index (κ3) is 8.71. The maximum absolute atomic E-state index is 6.98. The van der Waals surface area contributed by atoms with Crippen molar-refractivity contribution < 1.29 is 25.8 Å². The van der Waals surface area contributed by atoms with Crippen LogP contribution in [0.2, 0.25) is 0 Å². The van der Waals surface area contributed by atoms with E-state index in [2.05, 4.69) is 242 Å². The Labute approximate surface area is 411 Å². The molecule has 0 atom stereocenters. The maximum atomic E-state index is 6.98. The molecule has 6 heteroatoms. The molecule has 0 amide bonds. The Morgan fingerprint density at radius 3 is 2.00 bits per heavy atom. The Morgan fingerprint density at radius 2 is 1.27 bits per heavy atom. The minimum atomic E-state index is -0.0650. The Bertz CT molecular complexity index is 3300. The summed E-state index contributed by atoms with van der Waals surface area (Å²) in [6.07, 6.45) is 1.91. The minimum Gasteiger partial charge on any atom is -0.509 e. The van der Waals surface area contributed by atoms with E-state index in [1.54, 1.807) is 0 Å². The Morgan fingerprint density at radius 1 is 0.582 bits per heavy atom. The Balaban J connectivity index is 0.00000562. The van der Waals surface area contributed by atoms with E-state index in [9.17, 15) is 0 Å². The van der Waals surface area contributed by atoms with Crippen molar-refractivity contribution in [3.63, 3.8) is 0 Å². The van der Waals surface area contributed by atoms with Gasteiger partial charge in [-0.3, -0.25) is 0 Å². The molecule has 0 N–H and O–H groups in total. The summed E-state index contributed by atoms with van der Waals surface area (Å²) < 4.78 is 9.19. The van der Waals surface area contributed by atoms with Crippen molar-refractivity contribution in [3.8, 4) is 39.6 Å². The number of fused-ring (bicyclic) bond motifs is 4. The van der Waals surface area contributed by atoms with E-state index in [-0.39, 0.29) is 31.9 Å². The van der Waals surface area contributed by atoms with Crippen molar-refractivity contribution in [1.29, 1.82) is 0 Å². The van der Waals surface area contributed by atoms with Gasteiger partial charge in [0.1, 0.15) is 5.82 Å². The summed E-state index contributed by atoms with van der Waals surface area (Å²) in [6.45, 7) is 24.7. The second-order valence-electron chi connectivity index (χ2n) is 20.2. The van der Waals surface area contributed by atoms with Gasteiger partial charge in [0.2, 0.25) is 0 Å². The number of rotatable bonds is 8. The smallest absolute Gasteiger partial charge is 0.135 e. The first-order valence-electron chi connectivity index (χ1n) is 23.1. The maximum Gasteiger partial charge on any atom is 0.135 e. The van der Waals surface area contributed by atoms with Crippen molar-refractivity contribution >= 4 is 44.6 Å². The van der Waals surface area contributed by atoms with Crippen LogP contribution in [-0.2, 0) is 31.9 Å². The van der Waals surface area contributed by atoms with Gasteiger partial charge in [-0.1, -0.05) is 140 Å². The number of anilines is 4. The quantitative estimate of drug-likeness (QED) is 0.142. The summed E-state index contributed by atoms with van der Waals surface area (Å²) >= 11 is 0. The minimum absolute atomic E-state index is 0. The summed E-state index contributed by atoms with van der Waals surface area (Å²) in [7, 11) is 0. The van der Waals surface area contributed by atoms with Crippen LogP contribution in [0, 0.1) is 32.6 Å². The van der Waals surface area contributed by atoms with Crippen LogP contribution in [0.3, 0.4) is 0 Å². The normalized spacial score (nSPS) is 12.8. The van der Waals surface area contributed by atoms with Crippen LogP contribution < -0.4 is 14.5 Å². The molecule has 3 heterocycles. The number of benzene rings is 7. The van der Waals surface area contributed by atoms with Crippen LogP contribution in [0.4, 0.5) is 22.7 Å². The van der Waals surface area contributed by atoms with Crippen molar-refractivity contribution in [2.75, 3.05) is 9.80 Å². The first-order chi connectivity index (χ1) is 31.6. The van der Waals surface area contributed by atoms with Gasteiger partial charge in [0.05, 0.1) is 0 Å². The zero-order valence-corrected chi connectivity index (χ0v) is 42.4. The Hall–Kier alpha value is -6.42. The molecule has 0 aliphatic carbocycles. The summed E-state index contributed by atoms with van der Waals surface area (Å²) in [5, 5.41) is 2.23. The van der Waals surface area contributed by atoms with Crippen LogP contribution in [0.25, 0.3) is 49.9 Å². The van der Waals surface area contributed by atoms with Gasteiger partial charge in [0, 0.05) is 61.3 Å². The van der Waals surface area contributed by atoms with Gasteiger partial charge in [-0.25, -0.2) is 4.98 Å². The van der Waals surface area contributed by atoms with Gasteiger partial charge in [-0.15, -0.1) is 53.6 Å². The Kier molecular flexibility index (Phi) is 12.1. The topological polar surface area (TPSA) is 33.5 Å². The van der Waals surface area contributed by atoms with Gasteiger partial charge in [-0.05, 0) is 123 Å². The van der Waals surface area contributed by atoms with E-state index in [0.717, 1.165) is 55.9 Å². The van der Waals surface area contributed by atoms with E-state index in [1.807, 2.05) is 12.3 Å². The van der Waals surface area contributed by atoms with Gasteiger partial charge in [-0.2, -0.15) is 6.07 Å². The fourth-order valence-corrected chi connectivity index (χ4v) is 9.22. The number of aryl methyl sites for hydroxylation is 2. The van der Waals surface area contributed by atoms with Crippen molar-refractivity contribution in [1.82, 2.24) is 9.55 Å². The molecule has 0 spiro atoms. The summed E-state index contributed by atoms with van der Waals surface area (Å²) in [6, 6.07) is 59.9. The zero-order chi connectivity index (χ0) is 46.1. The molecule has 1 aliphatic rings. The number of para-hydroxylation sites is 1. The molecule has 7 aromatic carbocycles. The van der Waals surface area contributed by atoms with Crippen LogP contribution in [0.5, 0.6) is 11.5 Å². The molecular weight excluding hydrogens is 1000 g/mol. The van der Waals surface area contributed by atoms with Crippen LogP contribution >= 0.6 is 0 Å². The molecule has 1 aliphatic heterocycles. The average molecular weight is 1060 g/mol. The van der Waals surface area contributed by atoms with Crippen LogP contribution in [0.15, 0.2) is 152 Å². The molecule has 0 saturated heterocycles. The van der Waals surface area contributed by atoms with Crippen LogP contribution in [-0.4, -0.2) is 9.55 Å². The molecule has 0 saturated carbocycles. The average Bonchev–Trinajstić information content (AvgIpc) is 3.83. The largest absolute Gasteiger partial charge is 0.509 e. The molecule has 0 fully saturated rings. The third-order valence-corrected chi connectivity index (χ3v) is 13.1. The predicted octanol–water partition coefficient (Wildman–Crippen LogP) is 16.6. The standard InChI is InChI=1S/C61H57N4O.Pt/c1-39(2)51-20-14-15-21-52(51)44-32-48(64-38-63(57-28-40(3)41(4)29-58(57)64)47-31-43(42-18-12-11-13-19-42)30-46(34-47)61(8,9)10)36-50(33-44)66-49-24-25-54-53-22-16-17-23-55(53)65(56(54)37-49)59-35-45(26-27-62-59)60(5,6)7;/h11-35,38-39H,1-10H3;/q-3;. The van der Waals surface area contributed by atoms with E-state index in [4.69, 9.17) is 9.72 Å². The zero-order valence-electron chi connectivity index (χ0n) is 40.1. The number of ether oxygens (including phenoxy) is 1. The van der Waals surface area contributed by atoms with Gasteiger partial charge >= 0.3 is 0 Å². The van der Waals surface area contributed by atoms with Gasteiger partial charge in [0.15, 0.2) is 0 Å². The van der Waals surface area contributed by atoms with Crippen molar-refractivity contribution in [2.24, 2.45) is 0 Å². The molecule has 9 aromatic rings. The molecule has 2 aromatic heterocycles. The molecule has 5 nitrogen and oxygen atoms in total. The molecule has 67 heavy (non-hydrogen) atoms. The van der Waals surface area contributed by atoms with Crippen molar-refractivity contribution in [2.45, 2.75) is 86.0 Å². The fraction of sp³-hybridized carbons (Fsp3) is 0.213. The molecule has 340 valence electrons. The number of nitrogens with zero attached hydrogens (tertiary/aromatic N) is 4. The number of hydrogen-bond acceptors (Lipinski definition) is 4. The summed E-state index contributed by atoms with van der Waals surface area (Å²) in [5.74, 6) is 2.37. The monoisotopic (exact) mass is 1060 g/mol. The van der Waals surface area contributed by atoms with Gasteiger partial charge < -0.3 is 19.1 Å². The molecule has 0 radical (unpaired) electrons. The van der Waals surface area contributed by atoms with Crippen LogP contribution in [0.1, 0.15) is 89.1 Å². The SMILES string of the molecule is Cc1cc2c(cc1C)N(c1cc(-c3ccccc3)cc(C(C)(C)C)c1)[CH-]N2c1[c-]c(Oc2[c-]c3c(cc2)c2ccccc2n3-c2cc(C(C)(C)C)ccn2)cc(-c2ccccc2C(C)C)c1.[Pt]. The fourth-order valence-electron chi connectivity index (χ4n) is 9.22.